The maximum absolute atomic E-state index is 12.9. The average molecular weight is 485 g/mol. The van der Waals surface area contributed by atoms with Crippen LogP contribution in [-0.2, 0) is 23.9 Å². The van der Waals surface area contributed by atoms with E-state index in [0.29, 0.717) is 30.6 Å². The SMILES string of the molecule is CCCCCC(=O)O[C@@H]1C=C2C(C)=C[C@@H]3[C@H](CC[C@@]4(C)[C@H]3CC[C@]4(OC(C)=O)C(C)=O)[C@@]2(C)CC1. The molecule has 4 aliphatic rings. The Balaban J connectivity index is 1.61. The van der Waals surface area contributed by atoms with Crippen LogP contribution in [0.5, 0.6) is 0 Å². The van der Waals surface area contributed by atoms with Crippen LogP contribution in [0.25, 0.3) is 0 Å². The van der Waals surface area contributed by atoms with Crippen molar-refractivity contribution >= 4 is 17.7 Å². The minimum Gasteiger partial charge on any atom is -0.458 e. The largest absolute Gasteiger partial charge is 0.458 e. The Labute approximate surface area is 211 Å². The first-order chi connectivity index (χ1) is 16.5. The van der Waals surface area contributed by atoms with Gasteiger partial charge in [-0.15, -0.1) is 0 Å². The third-order valence-electron chi connectivity index (χ3n) is 10.2. The molecular weight excluding hydrogens is 440 g/mol. The molecular formula is C30H44O5. The van der Waals surface area contributed by atoms with Crippen LogP contribution < -0.4 is 0 Å². The molecule has 194 valence electrons. The molecule has 0 aromatic heterocycles. The van der Waals surface area contributed by atoms with Gasteiger partial charge in [-0.2, -0.15) is 0 Å². The summed E-state index contributed by atoms with van der Waals surface area (Å²) in [5.74, 6) is 0.703. The number of esters is 2. The molecule has 0 spiro atoms. The van der Waals surface area contributed by atoms with Crippen molar-refractivity contribution in [1.29, 1.82) is 0 Å². The van der Waals surface area contributed by atoms with E-state index in [9.17, 15) is 14.4 Å². The second-order valence-electron chi connectivity index (χ2n) is 12.1. The number of ether oxygens (including phenoxy) is 2. The lowest BCUT2D eigenvalue weighted by atomic mass is 9.47. The summed E-state index contributed by atoms with van der Waals surface area (Å²) in [5, 5.41) is 0. The van der Waals surface area contributed by atoms with Crippen LogP contribution in [0.15, 0.2) is 23.3 Å². The highest BCUT2D eigenvalue weighted by Gasteiger charge is 2.67. The Morgan fingerprint density at radius 3 is 2.34 bits per heavy atom. The summed E-state index contributed by atoms with van der Waals surface area (Å²) in [6.07, 6.45) is 13.4. The van der Waals surface area contributed by atoms with Crippen molar-refractivity contribution in [1.82, 2.24) is 0 Å². The molecule has 4 aliphatic carbocycles. The Morgan fingerprint density at radius 2 is 1.69 bits per heavy atom. The highest BCUT2D eigenvalue weighted by atomic mass is 16.6. The number of allylic oxidation sites excluding steroid dienone is 3. The first-order valence-corrected chi connectivity index (χ1v) is 13.8. The van der Waals surface area contributed by atoms with Gasteiger partial charge in [0.2, 0.25) is 0 Å². The summed E-state index contributed by atoms with van der Waals surface area (Å²) >= 11 is 0. The number of unbranched alkanes of at least 4 members (excludes halogenated alkanes) is 2. The van der Waals surface area contributed by atoms with E-state index in [1.807, 2.05) is 0 Å². The van der Waals surface area contributed by atoms with Gasteiger partial charge in [-0.3, -0.25) is 14.4 Å². The number of ketones is 1. The Morgan fingerprint density at radius 1 is 0.971 bits per heavy atom. The third-order valence-corrected chi connectivity index (χ3v) is 10.2. The van der Waals surface area contributed by atoms with Gasteiger partial charge in [-0.25, -0.2) is 0 Å². The van der Waals surface area contributed by atoms with Gasteiger partial charge in [-0.05, 0) is 93.6 Å². The highest BCUT2D eigenvalue weighted by molar-refractivity contribution is 5.89. The predicted octanol–water partition coefficient (Wildman–Crippen LogP) is 6.50. The molecule has 2 saturated carbocycles. The van der Waals surface area contributed by atoms with E-state index in [0.717, 1.165) is 51.4 Å². The van der Waals surface area contributed by atoms with Crippen molar-refractivity contribution < 1.29 is 23.9 Å². The van der Waals surface area contributed by atoms with E-state index in [4.69, 9.17) is 9.47 Å². The second-order valence-corrected chi connectivity index (χ2v) is 12.1. The van der Waals surface area contributed by atoms with Crippen molar-refractivity contribution in [2.45, 2.75) is 117 Å². The maximum atomic E-state index is 12.9. The van der Waals surface area contributed by atoms with Gasteiger partial charge < -0.3 is 9.47 Å². The second kappa shape index (κ2) is 9.52. The molecule has 0 heterocycles. The Hall–Kier alpha value is -1.91. The Kier molecular flexibility index (Phi) is 7.11. The molecule has 0 aromatic rings. The molecule has 2 fully saturated rings. The van der Waals surface area contributed by atoms with Gasteiger partial charge >= 0.3 is 11.9 Å². The van der Waals surface area contributed by atoms with Gasteiger partial charge in [0.15, 0.2) is 11.4 Å². The molecule has 0 aromatic carbocycles. The zero-order valence-corrected chi connectivity index (χ0v) is 22.6. The maximum Gasteiger partial charge on any atom is 0.306 e. The van der Waals surface area contributed by atoms with Crippen LogP contribution in [0, 0.1) is 28.6 Å². The topological polar surface area (TPSA) is 69.7 Å². The van der Waals surface area contributed by atoms with E-state index in [-0.39, 0.29) is 34.7 Å². The van der Waals surface area contributed by atoms with Crippen LogP contribution in [0.4, 0.5) is 0 Å². The van der Waals surface area contributed by atoms with Gasteiger partial charge in [0.25, 0.3) is 0 Å². The summed E-state index contributed by atoms with van der Waals surface area (Å²) in [7, 11) is 0. The molecule has 7 atom stereocenters. The molecule has 0 unspecified atom stereocenters. The molecule has 0 N–H and O–H groups in total. The summed E-state index contributed by atoms with van der Waals surface area (Å²) in [6, 6.07) is 0. The van der Waals surface area contributed by atoms with Crippen molar-refractivity contribution in [2.75, 3.05) is 0 Å². The highest BCUT2D eigenvalue weighted by Crippen LogP contribution is 2.68. The smallest absolute Gasteiger partial charge is 0.306 e. The van der Waals surface area contributed by atoms with Gasteiger partial charge in [0.1, 0.15) is 6.10 Å². The summed E-state index contributed by atoms with van der Waals surface area (Å²) in [6.45, 7) is 11.9. The monoisotopic (exact) mass is 484 g/mol. The molecule has 0 aliphatic heterocycles. The zero-order valence-electron chi connectivity index (χ0n) is 22.6. The predicted molar refractivity (Wildman–Crippen MR) is 135 cm³/mol. The van der Waals surface area contributed by atoms with Crippen LogP contribution in [-0.4, -0.2) is 29.4 Å². The van der Waals surface area contributed by atoms with E-state index in [2.05, 4.69) is 39.8 Å². The van der Waals surface area contributed by atoms with Crippen molar-refractivity contribution in [3.8, 4) is 0 Å². The van der Waals surface area contributed by atoms with Gasteiger partial charge in [0, 0.05) is 18.8 Å². The number of carbonyl (C=O) groups is 3. The number of carbonyl (C=O) groups excluding carboxylic acids is 3. The number of Topliss-reactive ketones (excluding diaryl/α,β-unsaturated/α-hetero) is 1. The van der Waals surface area contributed by atoms with E-state index >= 15 is 0 Å². The fourth-order valence-electron chi connectivity index (χ4n) is 8.46. The lowest BCUT2D eigenvalue weighted by Gasteiger charge is -2.58. The molecule has 0 saturated heterocycles. The third kappa shape index (κ3) is 4.21. The first-order valence-electron chi connectivity index (χ1n) is 13.8. The lowest BCUT2D eigenvalue weighted by Crippen LogP contribution is -2.58. The van der Waals surface area contributed by atoms with Crippen molar-refractivity contribution in [3.05, 3.63) is 23.3 Å². The lowest BCUT2D eigenvalue weighted by molar-refractivity contribution is -0.185. The molecule has 0 bridgehead atoms. The molecule has 5 heteroatoms. The minimum absolute atomic E-state index is 0.0132. The minimum atomic E-state index is -1.00. The number of hydrogen-bond donors (Lipinski definition) is 0. The van der Waals surface area contributed by atoms with Crippen LogP contribution in [0.3, 0.4) is 0 Å². The number of hydrogen-bond acceptors (Lipinski definition) is 5. The molecule has 35 heavy (non-hydrogen) atoms. The fourth-order valence-corrected chi connectivity index (χ4v) is 8.46. The molecule has 0 radical (unpaired) electrons. The normalized spacial score (nSPS) is 39.9. The molecule has 4 rings (SSSR count). The fraction of sp³-hybridized carbons (Fsp3) is 0.767. The van der Waals surface area contributed by atoms with Crippen LogP contribution in [0.1, 0.15) is 106 Å². The van der Waals surface area contributed by atoms with Crippen LogP contribution in [0.2, 0.25) is 0 Å². The zero-order chi connectivity index (χ0) is 25.6. The van der Waals surface area contributed by atoms with E-state index in [1.54, 1.807) is 6.92 Å². The quantitative estimate of drug-likeness (QED) is 0.305. The first kappa shape index (κ1) is 26.2. The summed E-state index contributed by atoms with van der Waals surface area (Å²) in [4.78, 5) is 37.4. The van der Waals surface area contributed by atoms with E-state index < -0.39 is 5.60 Å². The Bertz CT molecular complexity index is 946. The molecule has 5 nitrogen and oxygen atoms in total. The van der Waals surface area contributed by atoms with Crippen molar-refractivity contribution in [2.24, 2.45) is 28.6 Å². The molecule has 0 amide bonds. The van der Waals surface area contributed by atoms with Crippen LogP contribution >= 0.6 is 0 Å². The number of rotatable bonds is 7. The van der Waals surface area contributed by atoms with E-state index in [1.165, 1.54) is 18.1 Å². The number of fused-ring (bicyclic) bond motifs is 5. The van der Waals surface area contributed by atoms with Crippen molar-refractivity contribution in [3.63, 3.8) is 0 Å². The van der Waals surface area contributed by atoms with Gasteiger partial charge in [0.05, 0.1) is 0 Å². The average Bonchev–Trinajstić information content (AvgIpc) is 3.08. The standard InChI is InChI=1S/C30H44O5/c1-7-8-9-10-27(33)34-22-11-14-28(5)24-12-15-29(6)25(23(24)17-19(2)26(28)18-22)13-16-30(29,20(3)31)35-21(4)32/h17-18,22-25H,7-16H2,1-6H3/t22-,23+,24-,25-,28+,29-,30-/m0/s1. The summed E-state index contributed by atoms with van der Waals surface area (Å²) < 4.78 is 11.8. The van der Waals surface area contributed by atoms with Gasteiger partial charge in [-0.1, -0.05) is 45.3 Å². The summed E-state index contributed by atoms with van der Waals surface area (Å²) in [5.41, 5.74) is 1.31.